The molecule has 3 aliphatic rings. The lowest BCUT2D eigenvalue weighted by Gasteiger charge is -2.44. The van der Waals surface area contributed by atoms with Gasteiger partial charge < -0.3 is 19.7 Å². The summed E-state index contributed by atoms with van der Waals surface area (Å²) in [6, 6.07) is 3.36. The highest BCUT2D eigenvalue weighted by Crippen LogP contribution is 2.35. The number of nitrogens with zero attached hydrogens (tertiary/aromatic N) is 1. The normalized spacial score (nSPS) is 25.0. The molecule has 3 aliphatic heterocycles. The van der Waals surface area contributed by atoms with Crippen LogP contribution < -0.4 is 14.8 Å². The van der Waals surface area contributed by atoms with Crippen LogP contribution in [0, 0.1) is 18.3 Å². The Morgan fingerprint density at radius 2 is 2.21 bits per heavy atom. The Hall–Kier alpha value is -1.90. The first-order chi connectivity index (χ1) is 11.6. The lowest BCUT2D eigenvalue weighted by atomic mass is 9.84. The van der Waals surface area contributed by atoms with Gasteiger partial charge in [0.1, 0.15) is 6.61 Å². The summed E-state index contributed by atoms with van der Waals surface area (Å²) in [6.07, 6.45) is 7.52. The third-order valence-corrected chi connectivity index (χ3v) is 4.97. The van der Waals surface area contributed by atoms with Crippen molar-refractivity contribution in [1.29, 1.82) is 0 Å². The van der Waals surface area contributed by atoms with Crippen molar-refractivity contribution in [2.45, 2.75) is 18.9 Å². The minimum atomic E-state index is -0.207. The van der Waals surface area contributed by atoms with Crippen molar-refractivity contribution in [1.82, 2.24) is 10.2 Å². The number of ether oxygens (including phenoxy) is 2. The molecule has 128 valence electrons. The molecule has 0 aliphatic carbocycles. The fraction of sp³-hybridized carbons (Fsp3) is 0.500. The lowest BCUT2D eigenvalue weighted by Crippen LogP contribution is -2.57. The molecule has 1 aromatic carbocycles. The van der Waals surface area contributed by atoms with Gasteiger partial charge in [0.25, 0.3) is 5.91 Å². The highest BCUT2D eigenvalue weighted by atomic mass is 35.5. The zero-order chi connectivity index (χ0) is 17.1. The minimum Gasteiger partial charge on any atom is -0.493 e. The third-order valence-electron chi connectivity index (χ3n) is 4.76. The van der Waals surface area contributed by atoms with Gasteiger partial charge in [0.15, 0.2) is 11.5 Å². The first kappa shape index (κ1) is 16.9. The number of carbonyl (C=O) groups excluding carboxylic acids is 1. The summed E-state index contributed by atoms with van der Waals surface area (Å²) < 4.78 is 10.8. The number of piperidine rings is 3. The Bertz CT molecular complexity index is 663. The summed E-state index contributed by atoms with van der Waals surface area (Å²) >= 11 is 6.12. The highest BCUT2D eigenvalue weighted by molar-refractivity contribution is 6.31. The predicted octanol–water partition coefficient (Wildman–Crippen LogP) is 2.18. The van der Waals surface area contributed by atoms with Crippen LogP contribution in [0.3, 0.4) is 0 Å². The maximum atomic E-state index is 12.8. The van der Waals surface area contributed by atoms with Crippen LogP contribution in [0.1, 0.15) is 23.2 Å². The van der Waals surface area contributed by atoms with E-state index >= 15 is 0 Å². The van der Waals surface area contributed by atoms with Crippen LogP contribution in [-0.4, -0.2) is 50.2 Å². The second kappa shape index (κ2) is 7.33. The molecule has 1 amide bonds. The van der Waals surface area contributed by atoms with Gasteiger partial charge in [-0.1, -0.05) is 17.5 Å². The van der Waals surface area contributed by atoms with Crippen molar-refractivity contribution in [3.05, 3.63) is 22.7 Å². The third kappa shape index (κ3) is 3.45. The van der Waals surface area contributed by atoms with Crippen LogP contribution in [0.5, 0.6) is 11.5 Å². The van der Waals surface area contributed by atoms with Crippen LogP contribution in [0.4, 0.5) is 0 Å². The van der Waals surface area contributed by atoms with E-state index in [-0.39, 0.29) is 18.6 Å². The Kier molecular flexibility index (Phi) is 5.17. The molecule has 0 radical (unpaired) electrons. The number of terminal acetylenes is 1. The number of methoxy groups -OCH3 is 1. The largest absolute Gasteiger partial charge is 0.493 e. The molecule has 0 aromatic heterocycles. The second-order valence-electron chi connectivity index (χ2n) is 6.20. The van der Waals surface area contributed by atoms with Crippen molar-refractivity contribution in [3.8, 4) is 23.8 Å². The average Bonchev–Trinajstić information content (AvgIpc) is 2.60. The number of halogens is 1. The van der Waals surface area contributed by atoms with E-state index in [1.807, 2.05) is 0 Å². The number of amides is 1. The van der Waals surface area contributed by atoms with Crippen molar-refractivity contribution in [2.24, 2.45) is 5.92 Å². The summed E-state index contributed by atoms with van der Waals surface area (Å²) in [7, 11) is 1.50. The molecule has 4 rings (SSSR count). The molecule has 5 nitrogen and oxygen atoms in total. The molecule has 1 aromatic rings. The van der Waals surface area contributed by atoms with Gasteiger partial charge in [-0.2, -0.15) is 0 Å². The summed E-state index contributed by atoms with van der Waals surface area (Å²) in [5, 5.41) is 3.55. The molecule has 1 atom stereocenters. The number of hydrogen-bond acceptors (Lipinski definition) is 4. The summed E-state index contributed by atoms with van der Waals surface area (Å²) in [5.41, 5.74) is 0.353. The smallest absolute Gasteiger partial charge is 0.255 e. The van der Waals surface area contributed by atoms with Gasteiger partial charge in [0.05, 0.1) is 12.7 Å². The molecule has 2 bridgehead atoms. The molecule has 1 N–H and O–H groups in total. The van der Waals surface area contributed by atoms with E-state index in [9.17, 15) is 4.79 Å². The number of hydrogen-bond donors (Lipinski definition) is 1. The quantitative estimate of drug-likeness (QED) is 0.829. The number of fused-ring (bicyclic) bond motifs is 3. The number of benzene rings is 1. The van der Waals surface area contributed by atoms with Crippen LogP contribution >= 0.6 is 11.6 Å². The zero-order valence-corrected chi connectivity index (χ0v) is 14.4. The van der Waals surface area contributed by atoms with E-state index < -0.39 is 0 Å². The lowest BCUT2D eigenvalue weighted by molar-refractivity contribution is 0.0618. The standard InChI is InChI=1S/C18H21ClN2O3/c1-3-8-24-17-14(9-13(19)10-16(17)23-2)18(22)20-15-11-21-6-4-12(15)5-7-21/h1,9-10,12,15H,4-8,11H2,2H3,(H,20,22)/t15-/m1/s1. The Morgan fingerprint density at radius 3 is 2.79 bits per heavy atom. The maximum Gasteiger partial charge on any atom is 0.255 e. The summed E-state index contributed by atoms with van der Waals surface area (Å²) in [5.74, 6) is 3.46. The van der Waals surface area contributed by atoms with Gasteiger partial charge in [0, 0.05) is 23.7 Å². The van der Waals surface area contributed by atoms with Gasteiger partial charge in [-0.25, -0.2) is 0 Å². The number of rotatable bonds is 5. The van der Waals surface area contributed by atoms with Crippen molar-refractivity contribution in [2.75, 3.05) is 33.4 Å². The maximum absolute atomic E-state index is 12.8. The van der Waals surface area contributed by atoms with Crippen LogP contribution in [0.2, 0.25) is 5.02 Å². The molecule has 0 unspecified atom stereocenters. The molecular formula is C18H21ClN2O3. The van der Waals surface area contributed by atoms with Crippen molar-refractivity contribution in [3.63, 3.8) is 0 Å². The van der Waals surface area contributed by atoms with Crippen molar-refractivity contribution < 1.29 is 14.3 Å². The molecule has 0 spiro atoms. The van der Waals surface area contributed by atoms with Crippen molar-refractivity contribution >= 4 is 17.5 Å². The monoisotopic (exact) mass is 348 g/mol. The van der Waals surface area contributed by atoms with Crippen LogP contribution in [-0.2, 0) is 0 Å². The molecular weight excluding hydrogens is 328 g/mol. The van der Waals surface area contributed by atoms with E-state index in [2.05, 4.69) is 16.1 Å². The SMILES string of the molecule is C#CCOc1c(OC)cc(Cl)cc1C(=O)N[C@@H]1CN2CCC1CC2. The topological polar surface area (TPSA) is 50.8 Å². The number of carbonyl (C=O) groups is 1. The van der Waals surface area contributed by atoms with Crippen LogP contribution in [0.15, 0.2) is 12.1 Å². The van der Waals surface area contributed by atoms with E-state index in [0.717, 1.165) is 32.5 Å². The molecule has 24 heavy (non-hydrogen) atoms. The second-order valence-corrected chi connectivity index (χ2v) is 6.63. The Labute approximate surface area is 147 Å². The van der Waals surface area contributed by atoms with E-state index in [4.69, 9.17) is 27.5 Å². The summed E-state index contributed by atoms with van der Waals surface area (Å²) in [6.45, 7) is 3.20. The fourth-order valence-electron chi connectivity index (χ4n) is 3.53. The first-order valence-electron chi connectivity index (χ1n) is 8.09. The van der Waals surface area contributed by atoms with Gasteiger partial charge >= 0.3 is 0 Å². The average molecular weight is 349 g/mol. The molecule has 3 fully saturated rings. The molecule has 6 heteroatoms. The summed E-state index contributed by atoms with van der Waals surface area (Å²) in [4.78, 5) is 15.2. The first-order valence-corrected chi connectivity index (χ1v) is 8.47. The Balaban J connectivity index is 1.83. The molecule has 3 heterocycles. The van der Waals surface area contributed by atoms with Gasteiger partial charge in [-0.15, -0.1) is 6.42 Å². The van der Waals surface area contributed by atoms with Gasteiger partial charge in [-0.05, 0) is 37.9 Å². The van der Waals surface area contributed by atoms with Gasteiger partial charge in [-0.3, -0.25) is 4.79 Å². The Morgan fingerprint density at radius 1 is 1.46 bits per heavy atom. The molecule has 0 saturated carbocycles. The van der Waals surface area contributed by atoms with Gasteiger partial charge in [0.2, 0.25) is 0 Å². The zero-order valence-electron chi connectivity index (χ0n) is 13.7. The molecule has 3 saturated heterocycles. The van der Waals surface area contributed by atoms with Crippen LogP contribution in [0.25, 0.3) is 0 Å². The predicted molar refractivity (Wildman–Crippen MR) is 92.8 cm³/mol. The number of nitrogens with one attached hydrogen (secondary N) is 1. The van der Waals surface area contributed by atoms with E-state index in [1.165, 1.54) is 7.11 Å². The van der Waals surface area contributed by atoms with E-state index in [1.54, 1.807) is 12.1 Å². The fourth-order valence-corrected chi connectivity index (χ4v) is 3.73. The van der Waals surface area contributed by atoms with E-state index in [0.29, 0.717) is 28.0 Å². The highest BCUT2D eigenvalue weighted by Gasteiger charge is 2.35. The minimum absolute atomic E-state index is 0.0537.